The van der Waals surface area contributed by atoms with Crippen molar-refractivity contribution in [2.24, 2.45) is 0 Å². The van der Waals surface area contributed by atoms with Crippen LogP contribution in [0.25, 0.3) is 0 Å². The maximum Gasteiger partial charge on any atom is 0.410 e. The monoisotopic (exact) mass is 299 g/mol. The van der Waals surface area contributed by atoms with Gasteiger partial charge in [-0.15, -0.1) is 0 Å². The van der Waals surface area contributed by atoms with Crippen molar-refractivity contribution in [1.82, 2.24) is 14.7 Å². The number of rotatable bonds is 0. The average molecular weight is 299 g/mol. The van der Waals surface area contributed by atoms with Crippen LogP contribution in [0.4, 0.5) is 9.59 Å². The zero-order valence-electron chi connectivity index (χ0n) is 13.1. The summed E-state index contributed by atoms with van der Waals surface area (Å²) in [4.78, 5) is 29.6. The molecule has 2 heterocycles. The first-order valence-electron chi connectivity index (χ1n) is 7.46. The molecule has 2 rings (SSSR count). The Bertz CT molecular complexity index is 380. The van der Waals surface area contributed by atoms with Gasteiger partial charge in [0.05, 0.1) is 13.2 Å². The lowest BCUT2D eigenvalue weighted by atomic mass is 10.2. The summed E-state index contributed by atoms with van der Waals surface area (Å²) in [7, 11) is 0. The van der Waals surface area contributed by atoms with Crippen LogP contribution in [0.2, 0.25) is 0 Å². The van der Waals surface area contributed by atoms with Crippen LogP contribution in [0, 0.1) is 0 Å². The highest BCUT2D eigenvalue weighted by Gasteiger charge is 2.30. The quantitative estimate of drug-likeness (QED) is 0.669. The summed E-state index contributed by atoms with van der Waals surface area (Å²) < 4.78 is 10.6. The predicted molar refractivity (Wildman–Crippen MR) is 77.2 cm³/mol. The lowest BCUT2D eigenvalue weighted by Gasteiger charge is -2.38. The van der Waals surface area contributed by atoms with Crippen LogP contribution in [0.1, 0.15) is 20.8 Å². The molecule has 0 unspecified atom stereocenters. The Morgan fingerprint density at radius 1 is 0.857 bits per heavy atom. The molecule has 0 saturated carbocycles. The first kappa shape index (κ1) is 15.9. The van der Waals surface area contributed by atoms with Gasteiger partial charge < -0.3 is 24.2 Å². The number of nitrogens with zero attached hydrogens (tertiary/aromatic N) is 3. The zero-order valence-corrected chi connectivity index (χ0v) is 13.1. The molecule has 0 aromatic rings. The van der Waals surface area contributed by atoms with Crippen molar-refractivity contribution in [3.8, 4) is 0 Å². The molecule has 2 aliphatic heterocycles. The number of morpholine rings is 1. The third kappa shape index (κ3) is 4.49. The maximum atomic E-state index is 12.3. The fourth-order valence-electron chi connectivity index (χ4n) is 2.36. The zero-order chi connectivity index (χ0) is 15.5. The van der Waals surface area contributed by atoms with Crippen molar-refractivity contribution in [1.29, 1.82) is 0 Å². The Morgan fingerprint density at radius 3 is 1.86 bits per heavy atom. The molecule has 0 radical (unpaired) electrons. The van der Waals surface area contributed by atoms with Crippen LogP contribution < -0.4 is 0 Å². The van der Waals surface area contributed by atoms with E-state index in [1.165, 1.54) is 0 Å². The van der Waals surface area contributed by atoms with E-state index in [0.717, 1.165) is 0 Å². The van der Waals surface area contributed by atoms with Gasteiger partial charge in [0.1, 0.15) is 5.60 Å². The van der Waals surface area contributed by atoms with Crippen LogP contribution in [-0.2, 0) is 9.47 Å². The van der Waals surface area contributed by atoms with Gasteiger partial charge in [0.25, 0.3) is 0 Å². The van der Waals surface area contributed by atoms with E-state index in [1.54, 1.807) is 9.80 Å². The van der Waals surface area contributed by atoms with Gasteiger partial charge in [0.2, 0.25) is 0 Å². The van der Waals surface area contributed by atoms with Gasteiger partial charge in [-0.3, -0.25) is 0 Å². The molecule has 0 N–H and O–H groups in total. The highest BCUT2D eigenvalue weighted by molar-refractivity contribution is 5.75. The predicted octanol–water partition coefficient (Wildman–Crippen LogP) is 0.991. The third-order valence-corrected chi connectivity index (χ3v) is 3.48. The molecule has 21 heavy (non-hydrogen) atoms. The highest BCUT2D eigenvalue weighted by atomic mass is 16.6. The number of piperazine rings is 1. The molecule has 2 fully saturated rings. The molecular weight excluding hydrogens is 274 g/mol. The van der Waals surface area contributed by atoms with Gasteiger partial charge in [0, 0.05) is 39.3 Å². The smallest absolute Gasteiger partial charge is 0.410 e. The van der Waals surface area contributed by atoms with Gasteiger partial charge in [-0.1, -0.05) is 0 Å². The molecule has 0 atom stereocenters. The van der Waals surface area contributed by atoms with E-state index >= 15 is 0 Å². The van der Waals surface area contributed by atoms with Crippen LogP contribution in [0.15, 0.2) is 0 Å². The Balaban J connectivity index is 1.80. The van der Waals surface area contributed by atoms with Gasteiger partial charge in [0.15, 0.2) is 0 Å². The van der Waals surface area contributed by atoms with Gasteiger partial charge in [-0.25, -0.2) is 9.59 Å². The highest BCUT2D eigenvalue weighted by Crippen LogP contribution is 2.13. The minimum Gasteiger partial charge on any atom is -0.444 e. The largest absolute Gasteiger partial charge is 0.444 e. The van der Waals surface area contributed by atoms with E-state index in [-0.39, 0.29) is 12.1 Å². The van der Waals surface area contributed by atoms with E-state index in [4.69, 9.17) is 9.47 Å². The van der Waals surface area contributed by atoms with E-state index in [1.807, 2.05) is 25.7 Å². The van der Waals surface area contributed by atoms with Gasteiger partial charge in [-0.2, -0.15) is 0 Å². The topological polar surface area (TPSA) is 62.3 Å². The lowest BCUT2D eigenvalue weighted by Crippen LogP contribution is -2.56. The van der Waals surface area contributed by atoms with E-state index < -0.39 is 5.60 Å². The number of hydrogen-bond donors (Lipinski definition) is 0. The number of urea groups is 1. The molecule has 2 aliphatic rings. The molecule has 0 spiro atoms. The minimum atomic E-state index is -0.488. The third-order valence-electron chi connectivity index (χ3n) is 3.48. The summed E-state index contributed by atoms with van der Waals surface area (Å²) in [6, 6.07) is 0.0436. The van der Waals surface area contributed by atoms with Crippen molar-refractivity contribution in [2.45, 2.75) is 26.4 Å². The summed E-state index contributed by atoms with van der Waals surface area (Å²) in [6.45, 7) is 10.2. The van der Waals surface area contributed by atoms with Crippen LogP contribution in [-0.4, -0.2) is 84.9 Å². The van der Waals surface area contributed by atoms with E-state index in [0.29, 0.717) is 52.5 Å². The number of carbonyl (C=O) groups is 2. The standard InChI is InChI=1S/C14H25N3O4/c1-14(2,3)21-13(19)17-6-4-15(5-7-17)12(18)16-8-10-20-11-9-16/h4-11H2,1-3H3. The van der Waals surface area contributed by atoms with E-state index in [2.05, 4.69) is 0 Å². The van der Waals surface area contributed by atoms with Crippen LogP contribution in [0.5, 0.6) is 0 Å². The second-order valence-corrected chi connectivity index (χ2v) is 6.34. The summed E-state index contributed by atoms with van der Waals surface area (Å²) >= 11 is 0. The second kappa shape index (κ2) is 6.51. The van der Waals surface area contributed by atoms with Gasteiger partial charge in [-0.05, 0) is 20.8 Å². The molecular formula is C14H25N3O4. The Labute approximate surface area is 125 Å². The first-order chi connectivity index (χ1) is 9.87. The molecule has 3 amide bonds. The minimum absolute atomic E-state index is 0.0436. The molecule has 0 aliphatic carbocycles. The lowest BCUT2D eigenvalue weighted by molar-refractivity contribution is 0.0120. The SMILES string of the molecule is CC(C)(C)OC(=O)N1CCN(C(=O)N2CCOCC2)CC1. The summed E-state index contributed by atoms with van der Waals surface area (Å²) in [5.74, 6) is 0. The Morgan fingerprint density at radius 2 is 1.33 bits per heavy atom. The van der Waals surface area contributed by atoms with Crippen molar-refractivity contribution in [3.63, 3.8) is 0 Å². The molecule has 120 valence electrons. The molecule has 7 nitrogen and oxygen atoms in total. The van der Waals surface area contributed by atoms with Gasteiger partial charge >= 0.3 is 12.1 Å². The second-order valence-electron chi connectivity index (χ2n) is 6.34. The number of amides is 3. The molecule has 7 heteroatoms. The summed E-state index contributed by atoms with van der Waals surface area (Å²) in [5, 5.41) is 0. The molecule has 2 saturated heterocycles. The first-order valence-corrected chi connectivity index (χ1v) is 7.46. The average Bonchev–Trinajstić information content (AvgIpc) is 2.46. The molecule has 0 bridgehead atoms. The molecule has 0 aromatic heterocycles. The van der Waals surface area contributed by atoms with Crippen molar-refractivity contribution < 1.29 is 19.1 Å². The van der Waals surface area contributed by atoms with Crippen molar-refractivity contribution in [2.75, 3.05) is 52.5 Å². The summed E-state index contributed by atoms with van der Waals surface area (Å²) in [5.41, 5.74) is -0.488. The fraction of sp³-hybridized carbons (Fsp3) is 0.857. The van der Waals surface area contributed by atoms with Crippen LogP contribution in [0.3, 0.4) is 0 Å². The van der Waals surface area contributed by atoms with Crippen LogP contribution >= 0.6 is 0 Å². The maximum absolute atomic E-state index is 12.3. The van der Waals surface area contributed by atoms with E-state index in [9.17, 15) is 9.59 Å². The normalized spacial score (nSPS) is 20.4. The van der Waals surface area contributed by atoms with Crippen molar-refractivity contribution in [3.05, 3.63) is 0 Å². The summed E-state index contributed by atoms with van der Waals surface area (Å²) in [6.07, 6.45) is -0.305. The number of carbonyl (C=O) groups excluding carboxylic acids is 2. The molecule has 0 aromatic carbocycles. The number of hydrogen-bond acceptors (Lipinski definition) is 4. The Kier molecular flexibility index (Phi) is 4.92. The Hall–Kier alpha value is -1.50. The number of ether oxygens (including phenoxy) is 2. The fourth-order valence-corrected chi connectivity index (χ4v) is 2.36. The van der Waals surface area contributed by atoms with Crippen molar-refractivity contribution >= 4 is 12.1 Å².